The van der Waals surface area contributed by atoms with Crippen LogP contribution < -0.4 is 19.7 Å². The molecule has 1 aliphatic heterocycles. The second kappa shape index (κ2) is 7.38. The van der Waals surface area contributed by atoms with Crippen LogP contribution in [0.4, 0.5) is 20.2 Å². The van der Waals surface area contributed by atoms with Crippen LogP contribution in [-0.4, -0.2) is 31.1 Å². The van der Waals surface area contributed by atoms with E-state index in [1.807, 2.05) is 0 Å². The Bertz CT molecular complexity index is 811. The number of hydrogen-bond donors (Lipinski definition) is 1. The number of carbonyl (C=O) groups excluding carboxylic acids is 2. The second-order valence-electron chi connectivity index (χ2n) is 5.60. The zero-order chi connectivity index (χ0) is 18.7. The van der Waals surface area contributed by atoms with Gasteiger partial charge in [0.1, 0.15) is 11.5 Å². The topological polar surface area (TPSA) is 67.9 Å². The fourth-order valence-corrected chi connectivity index (χ4v) is 2.61. The third-order valence-electron chi connectivity index (χ3n) is 3.79. The summed E-state index contributed by atoms with van der Waals surface area (Å²) < 4.78 is 34.3. The molecule has 0 aliphatic carbocycles. The summed E-state index contributed by atoms with van der Waals surface area (Å²) in [6.07, 6.45) is -0.897. The van der Waals surface area contributed by atoms with E-state index in [4.69, 9.17) is 4.74 Å². The molecule has 2 aromatic carbocycles. The molecule has 1 aliphatic rings. The van der Waals surface area contributed by atoms with E-state index in [1.54, 1.807) is 24.3 Å². The average Bonchev–Trinajstić information content (AvgIpc) is 2.61. The van der Waals surface area contributed by atoms with Crippen molar-refractivity contribution in [1.29, 1.82) is 0 Å². The summed E-state index contributed by atoms with van der Waals surface area (Å²) in [7, 11) is 0. The maximum Gasteiger partial charge on any atom is 0.387 e. The Balaban J connectivity index is 1.71. The van der Waals surface area contributed by atoms with Gasteiger partial charge in [0.15, 0.2) is 6.10 Å². The number of nitrogens with one attached hydrogen (secondary N) is 1. The minimum absolute atomic E-state index is 0.0106. The predicted molar refractivity (Wildman–Crippen MR) is 90.6 cm³/mol. The average molecular weight is 362 g/mol. The number of para-hydroxylation sites is 2. The number of ether oxygens (including phenoxy) is 2. The molecule has 3 rings (SSSR count). The molecule has 0 fully saturated rings. The SMILES string of the molecule is CC(=O)N1C[C@@H](C(=O)Nc2ccc(OC(F)F)cc2)Oc2ccccc21. The van der Waals surface area contributed by atoms with E-state index in [0.717, 1.165) is 0 Å². The lowest BCUT2D eigenvalue weighted by molar-refractivity contribution is -0.123. The van der Waals surface area contributed by atoms with Gasteiger partial charge >= 0.3 is 6.61 Å². The number of rotatable bonds is 4. The van der Waals surface area contributed by atoms with Gasteiger partial charge in [-0.1, -0.05) is 12.1 Å². The summed E-state index contributed by atoms with van der Waals surface area (Å²) in [6, 6.07) is 12.5. The fraction of sp³-hybridized carbons (Fsp3) is 0.222. The van der Waals surface area contributed by atoms with Crippen LogP contribution in [0.2, 0.25) is 0 Å². The summed E-state index contributed by atoms with van der Waals surface area (Å²) >= 11 is 0. The number of nitrogens with zero attached hydrogens (tertiary/aromatic N) is 1. The number of alkyl halides is 2. The quantitative estimate of drug-likeness (QED) is 0.908. The third kappa shape index (κ3) is 3.90. The van der Waals surface area contributed by atoms with Gasteiger partial charge in [0.25, 0.3) is 5.91 Å². The molecule has 1 atom stereocenters. The summed E-state index contributed by atoms with van der Waals surface area (Å²) in [5, 5.41) is 2.64. The van der Waals surface area contributed by atoms with E-state index in [0.29, 0.717) is 17.1 Å². The van der Waals surface area contributed by atoms with Crippen molar-refractivity contribution >= 4 is 23.2 Å². The van der Waals surface area contributed by atoms with Gasteiger partial charge < -0.3 is 19.7 Å². The fourth-order valence-electron chi connectivity index (χ4n) is 2.61. The van der Waals surface area contributed by atoms with Crippen LogP contribution >= 0.6 is 0 Å². The zero-order valence-electron chi connectivity index (χ0n) is 13.8. The van der Waals surface area contributed by atoms with Crippen molar-refractivity contribution in [3.05, 3.63) is 48.5 Å². The van der Waals surface area contributed by atoms with Crippen LogP contribution in [0, 0.1) is 0 Å². The molecule has 0 unspecified atom stereocenters. The van der Waals surface area contributed by atoms with Crippen LogP contribution in [0.3, 0.4) is 0 Å². The molecule has 0 bridgehead atoms. The molecule has 0 spiro atoms. The number of amides is 2. The van der Waals surface area contributed by atoms with Crippen molar-refractivity contribution in [3.8, 4) is 11.5 Å². The molecular formula is C18H16F2N2O4. The predicted octanol–water partition coefficient (Wildman–Crippen LogP) is 3.04. The van der Waals surface area contributed by atoms with E-state index in [-0.39, 0.29) is 18.2 Å². The molecule has 0 saturated heterocycles. The molecule has 2 amide bonds. The monoisotopic (exact) mass is 362 g/mol. The first kappa shape index (κ1) is 17.7. The minimum Gasteiger partial charge on any atom is -0.476 e. The largest absolute Gasteiger partial charge is 0.476 e. The van der Waals surface area contributed by atoms with E-state index in [2.05, 4.69) is 10.1 Å². The lowest BCUT2D eigenvalue weighted by Crippen LogP contribution is -2.48. The highest BCUT2D eigenvalue weighted by Gasteiger charge is 2.32. The Morgan fingerprint density at radius 2 is 1.88 bits per heavy atom. The zero-order valence-corrected chi connectivity index (χ0v) is 13.8. The molecule has 8 heteroatoms. The smallest absolute Gasteiger partial charge is 0.387 e. The van der Waals surface area contributed by atoms with Gasteiger partial charge in [-0.2, -0.15) is 8.78 Å². The summed E-state index contributed by atoms with van der Waals surface area (Å²) in [5.74, 6) is -0.223. The Hall–Kier alpha value is -3.16. The number of anilines is 2. The highest BCUT2D eigenvalue weighted by molar-refractivity contribution is 5.99. The molecule has 0 aromatic heterocycles. The van der Waals surface area contributed by atoms with Crippen molar-refractivity contribution in [2.75, 3.05) is 16.8 Å². The van der Waals surface area contributed by atoms with E-state index in [1.165, 1.54) is 36.1 Å². The van der Waals surface area contributed by atoms with E-state index < -0.39 is 18.6 Å². The van der Waals surface area contributed by atoms with Gasteiger partial charge in [-0.25, -0.2) is 0 Å². The van der Waals surface area contributed by atoms with Crippen LogP contribution in [0.25, 0.3) is 0 Å². The Morgan fingerprint density at radius 1 is 1.19 bits per heavy atom. The molecule has 1 heterocycles. The third-order valence-corrected chi connectivity index (χ3v) is 3.79. The van der Waals surface area contributed by atoms with Crippen molar-refractivity contribution < 1.29 is 27.8 Å². The molecular weight excluding hydrogens is 346 g/mol. The summed E-state index contributed by atoms with van der Waals surface area (Å²) in [5.41, 5.74) is 1.01. The van der Waals surface area contributed by atoms with Gasteiger partial charge in [0, 0.05) is 12.6 Å². The van der Waals surface area contributed by atoms with Crippen LogP contribution in [0.5, 0.6) is 11.5 Å². The number of fused-ring (bicyclic) bond motifs is 1. The number of carbonyl (C=O) groups is 2. The maximum absolute atomic E-state index is 12.5. The highest BCUT2D eigenvalue weighted by Crippen LogP contribution is 2.33. The molecule has 6 nitrogen and oxygen atoms in total. The van der Waals surface area contributed by atoms with Crippen LogP contribution in [0.1, 0.15) is 6.92 Å². The molecule has 2 aromatic rings. The van der Waals surface area contributed by atoms with Crippen molar-refractivity contribution in [2.45, 2.75) is 19.6 Å². The van der Waals surface area contributed by atoms with Crippen molar-refractivity contribution in [1.82, 2.24) is 0 Å². The summed E-state index contributed by atoms with van der Waals surface area (Å²) in [4.78, 5) is 25.8. The van der Waals surface area contributed by atoms with E-state index in [9.17, 15) is 18.4 Å². The Labute approximate surface area is 148 Å². The lowest BCUT2D eigenvalue weighted by atomic mass is 10.1. The second-order valence-corrected chi connectivity index (χ2v) is 5.60. The maximum atomic E-state index is 12.5. The normalized spacial score (nSPS) is 15.8. The van der Waals surface area contributed by atoms with Crippen LogP contribution in [0.15, 0.2) is 48.5 Å². The first-order valence-corrected chi connectivity index (χ1v) is 7.83. The van der Waals surface area contributed by atoms with Gasteiger partial charge in [0.2, 0.25) is 5.91 Å². The molecule has 1 N–H and O–H groups in total. The molecule has 26 heavy (non-hydrogen) atoms. The van der Waals surface area contributed by atoms with Gasteiger partial charge in [-0.15, -0.1) is 0 Å². The molecule has 0 saturated carbocycles. The standard InChI is InChI=1S/C18H16F2N2O4/c1-11(23)22-10-16(26-15-5-3-2-4-14(15)22)17(24)21-12-6-8-13(9-7-12)25-18(19)20/h2-9,16,18H,10H2,1H3,(H,21,24)/t16-/m0/s1. The van der Waals surface area contributed by atoms with E-state index >= 15 is 0 Å². The number of halogens is 2. The molecule has 136 valence electrons. The first-order chi connectivity index (χ1) is 12.4. The van der Waals surface area contributed by atoms with Crippen LogP contribution in [-0.2, 0) is 9.59 Å². The minimum atomic E-state index is -2.91. The van der Waals surface area contributed by atoms with Crippen molar-refractivity contribution in [2.24, 2.45) is 0 Å². The number of hydrogen-bond acceptors (Lipinski definition) is 4. The lowest BCUT2D eigenvalue weighted by Gasteiger charge is -2.33. The Morgan fingerprint density at radius 3 is 2.54 bits per heavy atom. The van der Waals surface area contributed by atoms with Crippen molar-refractivity contribution in [3.63, 3.8) is 0 Å². The van der Waals surface area contributed by atoms with Gasteiger partial charge in [0.05, 0.1) is 12.2 Å². The Kier molecular flexibility index (Phi) is 5.01. The van der Waals surface area contributed by atoms with Gasteiger partial charge in [-0.3, -0.25) is 9.59 Å². The number of benzene rings is 2. The van der Waals surface area contributed by atoms with Gasteiger partial charge in [-0.05, 0) is 36.4 Å². The first-order valence-electron chi connectivity index (χ1n) is 7.83. The summed E-state index contributed by atoms with van der Waals surface area (Å²) in [6.45, 7) is -1.42. The molecule has 0 radical (unpaired) electrons. The highest BCUT2D eigenvalue weighted by atomic mass is 19.3.